The van der Waals surface area contributed by atoms with Gasteiger partial charge < -0.3 is 18.9 Å². The second-order valence-electron chi connectivity index (χ2n) is 9.00. The molecule has 0 aromatic heterocycles. The first-order chi connectivity index (χ1) is 19.0. The predicted octanol–water partition coefficient (Wildman–Crippen LogP) is 5.39. The first kappa shape index (κ1) is 28.3. The Bertz CT molecular complexity index is 1330. The zero-order valence-corrected chi connectivity index (χ0v) is 23.0. The lowest BCUT2D eigenvalue weighted by Gasteiger charge is -2.24. The topological polar surface area (TPSA) is 57.2 Å². The van der Waals surface area contributed by atoms with Gasteiger partial charge >= 0.3 is 5.97 Å². The number of carbonyl (C=O) groups excluding carboxylic acids is 1. The maximum atomic E-state index is 11.3. The van der Waals surface area contributed by atoms with Gasteiger partial charge in [-0.05, 0) is 77.7 Å². The Labute approximate surface area is 235 Å². The lowest BCUT2D eigenvalue weighted by atomic mass is 9.97. The van der Waals surface area contributed by atoms with Gasteiger partial charge in [-0.15, -0.1) is 0 Å². The number of morpholine rings is 1. The maximum absolute atomic E-state index is 11.3. The van der Waals surface area contributed by atoms with Crippen molar-refractivity contribution in [2.75, 3.05) is 53.2 Å². The van der Waals surface area contributed by atoms with E-state index in [1.165, 1.54) is 7.11 Å². The number of ether oxygens (including phenoxy) is 4. The number of hydrogen-bond acceptors (Lipinski definition) is 6. The third kappa shape index (κ3) is 8.62. The van der Waals surface area contributed by atoms with Crippen LogP contribution in [0.3, 0.4) is 0 Å². The minimum Gasteiger partial charge on any atom is -0.489 e. The van der Waals surface area contributed by atoms with Crippen molar-refractivity contribution in [2.24, 2.45) is 0 Å². The summed E-state index contributed by atoms with van der Waals surface area (Å²) in [7, 11) is 1.33. The Hall–Kier alpha value is -3.76. The standard InChI is InChI=1S/C32H32ClNO5/c1-24-22-29(13-14-31(24)39-23-32(35)36-2)38-19-15-30(27-9-11-28(33)12-10-27)26-7-5-25(6-8-26)4-3-16-34-17-20-37-21-18-34/h5-15,22H,16-21,23H2,1-2H3/b30-15+. The van der Waals surface area contributed by atoms with Crippen molar-refractivity contribution >= 4 is 23.1 Å². The zero-order chi connectivity index (χ0) is 27.5. The van der Waals surface area contributed by atoms with Crippen LogP contribution >= 0.6 is 11.6 Å². The van der Waals surface area contributed by atoms with E-state index in [0.29, 0.717) is 23.1 Å². The van der Waals surface area contributed by atoms with Gasteiger partial charge in [-0.25, -0.2) is 4.79 Å². The molecule has 7 heteroatoms. The molecule has 0 spiro atoms. The van der Waals surface area contributed by atoms with Crippen LogP contribution in [-0.2, 0) is 14.3 Å². The molecular formula is C32H32ClNO5. The highest BCUT2D eigenvalue weighted by Gasteiger charge is 2.09. The van der Waals surface area contributed by atoms with E-state index in [-0.39, 0.29) is 6.61 Å². The second kappa shape index (κ2) is 14.4. The number of benzene rings is 3. The second-order valence-corrected chi connectivity index (χ2v) is 9.43. The van der Waals surface area contributed by atoms with Crippen molar-refractivity contribution in [3.63, 3.8) is 0 Å². The van der Waals surface area contributed by atoms with Gasteiger partial charge in [-0.3, -0.25) is 4.90 Å². The molecule has 202 valence electrons. The number of methoxy groups -OCH3 is 1. The van der Waals surface area contributed by atoms with Crippen LogP contribution in [0.2, 0.25) is 5.02 Å². The molecule has 0 bridgehead atoms. The van der Waals surface area contributed by atoms with E-state index in [9.17, 15) is 4.79 Å². The Balaban J connectivity index is 1.45. The fraction of sp³-hybridized carbons (Fsp3) is 0.281. The van der Waals surface area contributed by atoms with E-state index in [4.69, 9.17) is 25.8 Å². The summed E-state index contributed by atoms with van der Waals surface area (Å²) in [6, 6.07) is 21.5. The summed E-state index contributed by atoms with van der Waals surface area (Å²) in [6.07, 6.45) is 2.05. The van der Waals surface area contributed by atoms with E-state index >= 15 is 0 Å². The highest BCUT2D eigenvalue weighted by atomic mass is 35.5. The molecule has 0 saturated carbocycles. The van der Waals surface area contributed by atoms with Gasteiger partial charge in [0.05, 0.1) is 26.9 Å². The Morgan fingerprint density at radius 3 is 2.36 bits per heavy atom. The van der Waals surface area contributed by atoms with Gasteiger partial charge in [0.15, 0.2) is 6.61 Å². The lowest BCUT2D eigenvalue weighted by molar-refractivity contribution is -0.142. The third-order valence-corrected chi connectivity index (χ3v) is 6.50. The van der Waals surface area contributed by atoms with E-state index < -0.39 is 5.97 Å². The van der Waals surface area contributed by atoms with Crippen LogP contribution in [0.5, 0.6) is 11.5 Å². The summed E-state index contributed by atoms with van der Waals surface area (Å²) >= 11 is 6.14. The van der Waals surface area contributed by atoms with Crippen LogP contribution in [0.1, 0.15) is 22.3 Å². The smallest absolute Gasteiger partial charge is 0.343 e. The average Bonchev–Trinajstić information content (AvgIpc) is 2.96. The molecule has 0 atom stereocenters. The molecular weight excluding hydrogens is 514 g/mol. The maximum Gasteiger partial charge on any atom is 0.343 e. The van der Waals surface area contributed by atoms with Crippen molar-refractivity contribution in [1.82, 2.24) is 4.90 Å². The van der Waals surface area contributed by atoms with Gasteiger partial charge in [0.2, 0.25) is 0 Å². The van der Waals surface area contributed by atoms with Crippen molar-refractivity contribution in [2.45, 2.75) is 6.92 Å². The summed E-state index contributed by atoms with van der Waals surface area (Å²) < 4.78 is 21.6. The van der Waals surface area contributed by atoms with Gasteiger partial charge in [-0.2, -0.15) is 0 Å². The quantitative estimate of drug-likeness (QED) is 0.265. The molecule has 0 unspecified atom stereocenters. The molecule has 1 heterocycles. The molecule has 6 nitrogen and oxygen atoms in total. The fourth-order valence-electron chi connectivity index (χ4n) is 4.07. The molecule has 1 saturated heterocycles. The predicted molar refractivity (Wildman–Crippen MR) is 153 cm³/mol. The molecule has 1 fully saturated rings. The normalized spacial score (nSPS) is 13.8. The number of carbonyl (C=O) groups is 1. The monoisotopic (exact) mass is 545 g/mol. The molecule has 1 aliphatic rings. The number of rotatable bonds is 9. The van der Waals surface area contributed by atoms with Crippen LogP contribution in [0.4, 0.5) is 0 Å². The van der Waals surface area contributed by atoms with Gasteiger partial charge in [-0.1, -0.05) is 47.7 Å². The number of aryl methyl sites for hydroxylation is 1. The van der Waals surface area contributed by atoms with Crippen molar-refractivity contribution in [3.05, 3.63) is 100 Å². The minimum absolute atomic E-state index is 0.136. The van der Waals surface area contributed by atoms with Crippen molar-refractivity contribution in [3.8, 4) is 23.3 Å². The van der Waals surface area contributed by atoms with E-state index in [1.54, 1.807) is 6.07 Å². The third-order valence-electron chi connectivity index (χ3n) is 6.25. The Morgan fingerprint density at radius 2 is 1.69 bits per heavy atom. The van der Waals surface area contributed by atoms with Gasteiger partial charge in [0.25, 0.3) is 0 Å². The summed E-state index contributed by atoms with van der Waals surface area (Å²) in [6.45, 7) is 6.28. The van der Waals surface area contributed by atoms with Crippen molar-refractivity contribution in [1.29, 1.82) is 0 Å². The lowest BCUT2D eigenvalue weighted by Crippen LogP contribution is -2.36. The van der Waals surface area contributed by atoms with Gasteiger partial charge in [0, 0.05) is 23.7 Å². The molecule has 3 aromatic rings. The molecule has 0 aliphatic carbocycles. The molecule has 39 heavy (non-hydrogen) atoms. The van der Waals surface area contributed by atoms with E-state index in [1.807, 2.05) is 55.5 Å². The Morgan fingerprint density at radius 1 is 1.00 bits per heavy atom. The fourth-order valence-corrected chi connectivity index (χ4v) is 4.19. The first-order valence-electron chi connectivity index (χ1n) is 12.8. The summed E-state index contributed by atoms with van der Waals surface area (Å²) in [5.74, 6) is 7.43. The van der Waals surface area contributed by atoms with Crippen molar-refractivity contribution < 1.29 is 23.7 Å². The average molecular weight is 546 g/mol. The Kier molecular flexibility index (Phi) is 10.4. The van der Waals surface area contributed by atoms with E-state index in [0.717, 1.165) is 60.7 Å². The largest absolute Gasteiger partial charge is 0.489 e. The van der Waals surface area contributed by atoms with E-state index in [2.05, 4.69) is 39.7 Å². The first-order valence-corrected chi connectivity index (χ1v) is 13.2. The highest BCUT2D eigenvalue weighted by Crippen LogP contribution is 2.27. The summed E-state index contributed by atoms with van der Waals surface area (Å²) in [5, 5.41) is 0.685. The van der Waals surface area contributed by atoms with Gasteiger partial charge in [0.1, 0.15) is 18.1 Å². The number of hydrogen-bond donors (Lipinski definition) is 0. The molecule has 4 rings (SSSR count). The molecule has 0 radical (unpaired) electrons. The zero-order valence-electron chi connectivity index (χ0n) is 22.2. The molecule has 3 aromatic carbocycles. The SMILES string of the molecule is COC(=O)COc1ccc(OC/C=C(/c2ccc(Cl)cc2)c2ccc(C#CCN3CCOCC3)cc2)cc1C. The van der Waals surface area contributed by atoms with Crippen LogP contribution in [0.15, 0.2) is 72.8 Å². The summed E-state index contributed by atoms with van der Waals surface area (Å²) in [4.78, 5) is 13.7. The van der Waals surface area contributed by atoms with Crippen LogP contribution in [0.25, 0.3) is 5.57 Å². The number of halogens is 1. The highest BCUT2D eigenvalue weighted by molar-refractivity contribution is 6.30. The van der Waals surface area contributed by atoms with Crippen LogP contribution in [0, 0.1) is 18.8 Å². The number of esters is 1. The molecule has 1 aliphatic heterocycles. The molecule has 0 amide bonds. The van der Waals surface area contributed by atoms with Crippen LogP contribution < -0.4 is 9.47 Å². The number of nitrogens with zero attached hydrogens (tertiary/aromatic N) is 1. The summed E-state index contributed by atoms with van der Waals surface area (Å²) in [5.41, 5.74) is 4.97. The minimum atomic E-state index is -0.428. The van der Waals surface area contributed by atoms with Crippen LogP contribution in [-0.4, -0.2) is 64.0 Å². The molecule has 0 N–H and O–H groups in total.